The lowest BCUT2D eigenvalue weighted by Crippen LogP contribution is -2.23. The first-order valence-electron chi connectivity index (χ1n) is 8.75. The molecule has 1 fully saturated rings. The first-order valence-corrected chi connectivity index (χ1v) is 9.57. The van der Waals surface area contributed by atoms with Crippen molar-refractivity contribution >= 4 is 11.8 Å². The van der Waals surface area contributed by atoms with Gasteiger partial charge in [0.25, 0.3) is 0 Å². The first kappa shape index (κ1) is 20.1. The van der Waals surface area contributed by atoms with E-state index >= 15 is 0 Å². The van der Waals surface area contributed by atoms with Gasteiger partial charge in [-0.1, -0.05) is 74.1 Å². The Labute approximate surface area is 147 Å². The molecule has 0 aromatic heterocycles. The van der Waals surface area contributed by atoms with E-state index in [4.69, 9.17) is 5.73 Å². The van der Waals surface area contributed by atoms with Gasteiger partial charge in [0.2, 0.25) is 0 Å². The molecule has 1 aliphatic rings. The third-order valence-electron chi connectivity index (χ3n) is 4.15. The fraction of sp³-hybridized carbons (Fsp3) is 0.524. The molecule has 0 atom stereocenters. The largest absolute Gasteiger partial charge is 0.321 e. The van der Waals surface area contributed by atoms with Crippen LogP contribution in [0.15, 0.2) is 57.4 Å². The SMILES string of the molecule is C=C/C=C(\C=C(\CC)CCC)C(S/C(=C\C)C1(N)CC1)=C(C)C. The molecule has 1 nitrogen and oxygen atoms in total. The molecule has 1 rings (SSSR count). The molecule has 0 spiro atoms. The van der Waals surface area contributed by atoms with Crippen molar-refractivity contribution in [3.63, 3.8) is 0 Å². The molecular weight excluding hydrogens is 298 g/mol. The van der Waals surface area contributed by atoms with E-state index in [2.05, 4.69) is 59.4 Å². The van der Waals surface area contributed by atoms with Crippen LogP contribution in [0.1, 0.15) is 66.7 Å². The molecule has 0 heterocycles. The molecule has 2 heteroatoms. The summed E-state index contributed by atoms with van der Waals surface area (Å²) in [6.45, 7) is 14.8. The van der Waals surface area contributed by atoms with Crippen molar-refractivity contribution in [2.24, 2.45) is 5.73 Å². The second-order valence-corrected chi connectivity index (χ2v) is 7.56. The summed E-state index contributed by atoms with van der Waals surface area (Å²) in [6.07, 6.45) is 14.2. The normalized spacial score (nSPS) is 17.9. The maximum absolute atomic E-state index is 6.43. The number of hydrogen-bond donors (Lipinski definition) is 1. The Hall–Kier alpha value is -0.990. The average molecular weight is 332 g/mol. The lowest BCUT2D eigenvalue weighted by atomic mass is 10.0. The van der Waals surface area contributed by atoms with Gasteiger partial charge in [-0.25, -0.2) is 0 Å². The Morgan fingerprint density at radius 3 is 2.30 bits per heavy atom. The lowest BCUT2D eigenvalue weighted by Gasteiger charge is -2.18. The van der Waals surface area contributed by atoms with Gasteiger partial charge in [0, 0.05) is 15.3 Å². The number of rotatable bonds is 9. The summed E-state index contributed by atoms with van der Waals surface area (Å²) >= 11 is 1.84. The minimum atomic E-state index is -0.0832. The standard InChI is InChI=1S/C21H33NS/c1-7-11-17(9-3)15-18(12-8-2)20(16(5)6)23-19(10-4)21(22)13-14-21/h8,10,12,15H,2,7,9,11,13-14,22H2,1,3-6H3/b17-15-,18-12+,19-10-. The molecule has 0 saturated heterocycles. The number of hydrogen-bond acceptors (Lipinski definition) is 2. The Balaban J connectivity index is 3.17. The van der Waals surface area contributed by atoms with Crippen molar-refractivity contribution in [3.8, 4) is 0 Å². The van der Waals surface area contributed by atoms with E-state index in [0.717, 1.165) is 25.7 Å². The molecule has 2 N–H and O–H groups in total. The van der Waals surface area contributed by atoms with E-state index in [1.165, 1.54) is 33.0 Å². The van der Waals surface area contributed by atoms with E-state index in [1.54, 1.807) is 0 Å². The fourth-order valence-corrected chi connectivity index (χ4v) is 3.79. The molecule has 0 amide bonds. The second-order valence-electron chi connectivity index (χ2n) is 6.50. The lowest BCUT2D eigenvalue weighted by molar-refractivity contribution is 0.839. The van der Waals surface area contributed by atoms with Crippen LogP contribution < -0.4 is 5.73 Å². The predicted octanol–water partition coefficient (Wildman–Crippen LogP) is 6.66. The van der Waals surface area contributed by atoms with Crippen LogP contribution in [0.3, 0.4) is 0 Å². The molecular formula is C21H33NS. The van der Waals surface area contributed by atoms with Crippen molar-refractivity contribution in [2.75, 3.05) is 0 Å². The Kier molecular flexibility index (Phi) is 8.15. The molecule has 1 saturated carbocycles. The van der Waals surface area contributed by atoms with Crippen molar-refractivity contribution in [3.05, 3.63) is 57.4 Å². The highest BCUT2D eigenvalue weighted by Crippen LogP contribution is 2.48. The molecule has 1 aliphatic carbocycles. The Bertz CT molecular complexity index is 538. The molecule has 0 aliphatic heterocycles. The summed E-state index contributed by atoms with van der Waals surface area (Å²) in [5.41, 5.74) is 10.4. The van der Waals surface area contributed by atoms with E-state index < -0.39 is 0 Å². The molecule has 128 valence electrons. The molecule has 23 heavy (non-hydrogen) atoms. The highest BCUT2D eigenvalue weighted by molar-refractivity contribution is 8.07. The summed E-state index contributed by atoms with van der Waals surface area (Å²) in [5.74, 6) is 0. The summed E-state index contributed by atoms with van der Waals surface area (Å²) in [5, 5.41) is 0. The zero-order valence-corrected chi connectivity index (χ0v) is 16.4. The third kappa shape index (κ3) is 5.86. The zero-order chi connectivity index (χ0) is 17.5. The van der Waals surface area contributed by atoms with Gasteiger partial charge in [0.15, 0.2) is 0 Å². The smallest absolute Gasteiger partial charge is 0.0471 e. The van der Waals surface area contributed by atoms with Gasteiger partial charge in [-0.3, -0.25) is 0 Å². The van der Waals surface area contributed by atoms with E-state index in [0.29, 0.717) is 0 Å². The second kappa shape index (κ2) is 9.34. The summed E-state index contributed by atoms with van der Waals surface area (Å²) in [4.78, 5) is 2.61. The zero-order valence-electron chi connectivity index (χ0n) is 15.5. The summed E-state index contributed by atoms with van der Waals surface area (Å²) in [6, 6.07) is 0. The topological polar surface area (TPSA) is 26.0 Å². The number of nitrogens with two attached hydrogens (primary N) is 1. The number of thioether (sulfide) groups is 1. The van der Waals surface area contributed by atoms with E-state index in [-0.39, 0.29) is 5.54 Å². The fourth-order valence-electron chi connectivity index (χ4n) is 2.60. The van der Waals surface area contributed by atoms with Crippen molar-refractivity contribution < 1.29 is 0 Å². The van der Waals surface area contributed by atoms with Gasteiger partial charge >= 0.3 is 0 Å². The molecule has 0 unspecified atom stereocenters. The predicted molar refractivity (Wildman–Crippen MR) is 107 cm³/mol. The molecule has 0 aromatic carbocycles. The van der Waals surface area contributed by atoms with Gasteiger partial charge in [-0.05, 0) is 52.0 Å². The molecule has 0 aromatic rings. The van der Waals surface area contributed by atoms with Crippen LogP contribution in [0.25, 0.3) is 0 Å². The van der Waals surface area contributed by atoms with Gasteiger partial charge in [-0.2, -0.15) is 0 Å². The summed E-state index contributed by atoms with van der Waals surface area (Å²) in [7, 11) is 0. The van der Waals surface area contributed by atoms with Gasteiger partial charge in [-0.15, -0.1) is 0 Å². The average Bonchev–Trinajstić information content (AvgIpc) is 3.25. The van der Waals surface area contributed by atoms with Crippen LogP contribution in [0.2, 0.25) is 0 Å². The van der Waals surface area contributed by atoms with E-state index in [9.17, 15) is 0 Å². The first-order chi connectivity index (χ1) is 10.9. The maximum Gasteiger partial charge on any atom is 0.0471 e. The minimum Gasteiger partial charge on any atom is -0.321 e. The van der Waals surface area contributed by atoms with Gasteiger partial charge in [0.05, 0.1) is 0 Å². The molecule has 0 radical (unpaired) electrons. The van der Waals surface area contributed by atoms with Crippen LogP contribution >= 0.6 is 11.8 Å². The van der Waals surface area contributed by atoms with Crippen LogP contribution in [0.5, 0.6) is 0 Å². The van der Waals surface area contributed by atoms with Crippen LogP contribution in [0.4, 0.5) is 0 Å². The third-order valence-corrected chi connectivity index (χ3v) is 5.86. The minimum absolute atomic E-state index is 0.0832. The number of allylic oxidation sites excluding steroid dienone is 7. The van der Waals surface area contributed by atoms with Gasteiger partial charge < -0.3 is 5.73 Å². The Morgan fingerprint density at radius 1 is 1.26 bits per heavy atom. The quantitative estimate of drug-likeness (QED) is 0.478. The maximum atomic E-state index is 6.43. The summed E-state index contributed by atoms with van der Waals surface area (Å²) < 4.78 is 0. The highest BCUT2D eigenvalue weighted by Gasteiger charge is 2.42. The monoisotopic (exact) mass is 331 g/mol. The van der Waals surface area contributed by atoms with Crippen molar-refractivity contribution in [1.29, 1.82) is 0 Å². The van der Waals surface area contributed by atoms with E-state index in [1.807, 2.05) is 17.8 Å². The van der Waals surface area contributed by atoms with Crippen molar-refractivity contribution in [2.45, 2.75) is 72.3 Å². The Morgan fingerprint density at radius 2 is 1.91 bits per heavy atom. The molecule has 0 bridgehead atoms. The van der Waals surface area contributed by atoms with Crippen LogP contribution in [-0.2, 0) is 0 Å². The van der Waals surface area contributed by atoms with Crippen LogP contribution in [0, 0.1) is 0 Å². The van der Waals surface area contributed by atoms with Crippen molar-refractivity contribution in [1.82, 2.24) is 0 Å². The van der Waals surface area contributed by atoms with Gasteiger partial charge in [0.1, 0.15) is 0 Å². The highest BCUT2D eigenvalue weighted by atomic mass is 32.2. The van der Waals surface area contributed by atoms with Crippen LogP contribution in [-0.4, -0.2) is 5.54 Å².